The first-order valence-corrected chi connectivity index (χ1v) is 16.6. The molecule has 0 aliphatic rings. The van der Waals surface area contributed by atoms with Crippen LogP contribution in [0, 0.1) is 0 Å². The fraction of sp³-hybridized carbons (Fsp3) is 0.333. The number of aryl methyl sites for hydroxylation is 2. The fourth-order valence-corrected chi connectivity index (χ4v) is 6.65. The molecule has 42 heavy (non-hydrogen) atoms. The molecule has 12 nitrogen and oxygen atoms in total. The maximum absolute atomic E-state index is 12.6. The molecule has 0 bridgehead atoms. The summed E-state index contributed by atoms with van der Waals surface area (Å²) in [5, 5.41) is 23.0. The number of benzene rings is 2. The van der Waals surface area contributed by atoms with Crippen LogP contribution in [-0.4, -0.2) is 65.3 Å². The average molecular weight is 630 g/mol. The summed E-state index contributed by atoms with van der Waals surface area (Å²) in [6, 6.07) is 16.6. The van der Waals surface area contributed by atoms with E-state index < -0.39 is 9.84 Å². The van der Waals surface area contributed by atoms with Crippen LogP contribution in [0.2, 0.25) is 0 Å². The van der Waals surface area contributed by atoms with Crippen molar-refractivity contribution in [3.8, 4) is 5.75 Å². The number of nitrogens with zero attached hydrogens (tertiary/aromatic N) is 4. The highest BCUT2D eigenvalue weighted by atomic mass is 32.2. The molecule has 2 aromatic heterocycles. The van der Waals surface area contributed by atoms with Gasteiger partial charge in [0.15, 0.2) is 9.84 Å². The lowest BCUT2D eigenvalue weighted by Crippen LogP contribution is -2.14. The second-order valence-corrected chi connectivity index (χ2v) is 13.7. The van der Waals surface area contributed by atoms with Crippen molar-refractivity contribution in [1.29, 1.82) is 0 Å². The zero-order valence-corrected chi connectivity index (χ0v) is 25.1. The van der Waals surface area contributed by atoms with Crippen LogP contribution in [-0.2, 0) is 45.1 Å². The van der Waals surface area contributed by atoms with E-state index in [1.807, 2.05) is 42.5 Å². The number of hydrogen-bond acceptors (Lipinski definition) is 12. The molecule has 222 valence electrons. The van der Waals surface area contributed by atoms with Gasteiger partial charge in [-0.1, -0.05) is 65.1 Å². The van der Waals surface area contributed by atoms with Crippen molar-refractivity contribution in [3.63, 3.8) is 0 Å². The first-order chi connectivity index (χ1) is 20.3. The van der Waals surface area contributed by atoms with E-state index in [1.54, 1.807) is 12.1 Å². The van der Waals surface area contributed by atoms with Gasteiger partial charge in [-0.3, -0.25) is 9.59 Å². The molecule has 0 spiro atoms. The Kier molecular flexibility index (Phi) is 11.5. The van der Waals surface area contributed by atoms with Gasteiger partial charge in [-0.05, 0) is 36.2 Å². The van der Waals surface area contributed by atoms with Crippen LogP contribution >= 0.6 is 22.7 Å². The Balaban J connectivity index is 1.17. The highest BCUT2D eigenvalue weighted by Crippen LogP contribution is 2.19. The number of nitrogens with one attached hydrogen (secondary N) is 2. The minimum atomic E-state index is -3.41. The number of carbonyl (C=O) groups is 2. The first-order valence-electron chi connectivity index (χ1n) is 13.2. The molecule has 2 heterocycles. The Hall–Kier alpha value is -3.79. The maximum atomic E-state index is 12.6. The van der Waals surface area contributed by atoms with Gasteiger partial charge in [0.25, 0.3) is 0 Å². The van der Waals surface area contributed by atoms with Crippen molar-refractivity contribution in [3.05, 3.63) is 75.7 Å². The highest BCUT2D eigenvalue weighted by molar-refractivity contribution is 7.91. The van der Waals surface area contributed by atoms with Gasteiger partial charge in [-0.2, -0.15) is 0 Å². The van der Waals surface area contributed by atoms with E-state index >= 15 is 0 Å². The van der Waals surface area contributed by atoms with E-state index in [2.05, 4.69) is 31.0 Å². The molecule has 4 aromatic rings. The van der Waals surface area contributed by atoms with Gasteiger partial charge < -0.3 is 21.1 Å². The summed E-state index contributed by atoms with van der Waals surface area (Å²) in [7, 11) is -3.41. The molecule has 0 atom stereocenters. The van der Waals surface area contributed by atoms with E-state index in [4.69, 9.17) is 10.5 Å². The number of hydrogen-bond donors (Lipinski definition) is 3. The summed E-state index contributed by atoms with van der Waals surface area (Å²) in [5.74, 6) is 0.0120. The molecule has 0 aliphatic carbocycles. The van der Waals surface area contributed by atoms with Crippen LogP contribution in [0.3, 0.4) is 0 Å². The predicted molar refractivity (Wildman–Crippen MR) is 163 cm³/mol. The summed E-state index contributed by atoms with van der Waals surface area (Å²) in [6.07, 6.45) is 1.49. The molecule has 0 unspecified atom stereocenters. The van der Waals surface area contributed by atoms with E-state index in [0.717, 1.165) is 40.2 Å². The van der Waals surface area contributed by atoms with Crippen LogP contribution in [0.25, 0.3) is 0 Å². The minimum Gasteiger partial charge on any atom is -0.494 e. The van der Waals surface area contributed by atoms with Crippen molar-refractivity contribution < 1.29 is 22.7 Å². The van der Waals surface area contributed by atoms with E-state index in [0.29, 0.717) is 39.2 Å². The molecule has 0 fully saturated rings. The average Bonchev–Trinajstić information content (AvgIpc) is 3.61. The molecule has 0 radical (unpaired) electrons. The van der Waals surface area contributed by atoms with Gasteiger partial charge in [0.1, 0.15) is 15.8 Å². The lowest BCUT2D eigenvalue weighted by atomic mass is 10.1. The molecule has 4 rings (SSSR count). The van der Waals surface area contributed by atoms with Crippen molar-refractivity contribution in [2.75, 3.05) is 35.3 Å². The quantitative estimate of drug-likeness (QED) is 0.156. The molecule has 2 aromatic carbocycles. The van der Waals surface area contributed by atoms with Crippen LogP contribution < -0.4 is 21.1 Å². The maximum Gasteiger partial charge on any atom is 0.230 e. The number of rotatable bonds is 16. The standard InChI is InChI=1S/C27H31N7O5S3/c28-13-4-14-39-21-9-7-20(8-10-21)18-23(36)30-27-34-32-25(41-27)12-16-42(37,38)15-11-24-31-33-26(40-24)29-22(35)17-19-5-2-1-3-6-19/h1-3,5-10H,4,11-18,28H2,(H,29,33,35)(H,30,34,36). The number of ether oxygens (including phenoxy) is 1. The van der Waals surface area contributed by atoms with E-state index in [1.165, 1.54) is 0 Å². The van der Waals surface area contributed by atoms with Gasteiger partial charge in [0.2, 0.25) is 22.1 Å². The number of nitrogens with two attached hydrogens (primary N) is 1. The van der Waals surface area contributed by atoms with E-state index in [-0.39, 0.29) is 49.0 Å². The summed E-state index contributed by atoms with van der Waals surface area (Å²) >= 11 is 2.29. The zero-order chi connectivity index (χ0) is 29.8. The summed E-state index contributed by atoms with van der Waals surface area (Å²) in [5.41, 5.74) is 7.15. The Morgan fingerprint density at radius 2 is 1.29 bits per heavy atom. The van der Waals surface area contributed by atoms with E-state index in [9.17, 15) is 18.0 Å². The third kappa shape index (κ3) is 10.6. The molecular weight excluding hydrogens is 599 g/mol. The number of anilines is 2. The lowest BCUT2D eigenvalue weighted by Gasteiger charge is -2.06. The Bertz CT molecular complexity index is 1560. The van der Waals surface area contributed by atoms with Crippen molar-refractivity contribution in [2.24, 2.45) is 5.73 Å². The number of aromatic nitrogens is 4. The van der Waals surface area contributed by atoms with Crippen molar-refractivity contribution in [1.82, 2.24) is 20.4 Å². The van der Waals surface area contributed by atoms with Gasteiger partial charge in [0, 0.05) is 12.8 Å². The molecule has 0 saturated carbocycles. The molecule has 4 N–H and O–H groups in total. The van der Waals surface area contributed by atoms with Crippen molar-refractivity contribution in [2.45, 2.75) is 32.1 Å². The van der Waals surface area contributed by atoms with Crippen LogP contribution in [0.15, 0.2) is 54.6 Å². The minimum absolute atomic E-state index is 0.112. The second kappa shape index (κ2) is 15.4. The fourth-order valence-electron chi connectivity index (χ4n) is 3.67. The number of sulfone groups is 1. The summed E-state index contributed by atoms with van der Waals surface area (Å²) in [4.78, 5) is 24.6. The van der Waals surface area contributed by atoms with Crippen LogP contribution in [0.5, 0.6) is 5.75 Å². The summed E-state index contributed by atoms with van der Waals surface area (Å²) < 4.78 is 30.8. The first kappa shape index (κ1) is 31.2. The molecule has 2 amide bonds. The van der Waals surface area contributed by atoms with Crippen LogP contribution in [0.4, 0.5) is 10.3 Å². The lowest BCUT2D eigenvalue weighted by molar-refractivity contribution is -0.116. The van der Waals surface area contributed by atoms with Gasteiger partial charge >= 0.3 is 0 Å². The number of amides is 2. The summed E-state index contributed by atoms with van der Waals surface area (Å²) in [6.45, 7) is 1.10. The monoisotopic (exact) mass is 629 g/mol. The smallest absolute Gasteiger partial charge is 0.230 e. The third-order valence-corrected chi connectivity index (χ3v) is 9.24. The molecule has 15 heteroatoms. The predicted octanol–water partition coefficient (Wildman–Crippen LogP) is 2.68. The topological polar surface area (TPSA) is 179 Å². The van der Waals surface area contributed by atoms with Gasteiger partial charge in [-0.25, -0.2) is 8.42 Å². The molecule has 0 aliphatic heterocycles. The zero-order valence-electron chi connectivity index (χ0n) is 22.7. The Morgan fingerprint density at radius 3 is 1.81 bits per heavy atom. The second-order valence-electron chi connectivity index (χ2n) is 9.22. The Labute approximate surface area is 251 Å². The third-order valence-electron chi connectivity index (χ3n) is 5.79. The number of carbonyl (C=O) groups excluding carboxylic acids is 2. The highest BCUT2D eigenvalue weighted by Gasteiger charge is 2.17. The molecule has 0 saturated heterocycles. The normalized spacial score (nSPS) is 11.3. The van der Waals surface area contributed by atoms with Gasteiger partial charge in [0.05, 0.1) is 31.0 Å². The largest absolute Gasteiger partial charge is 0.494 e. The van der Waals surface area contributed by atoms with Crippen molar-refractivity contribution >= 4 is 54.6 Å². The van der Waals surface area contributed by atoms with Gasteiger partial charge in [-0.15, -0.1) is 20.4 Å². The van der Waals surface area contributed by atoms with Crippen LogP contribution in [0.1, 0.15) is 27.6 Å². The molecular formula is C27H31N7O5S3. The SMILES string of the molecule is NCCCOc1ccc(CC(=O)Nc2nnc(CCS(=O)(=O)CCc3nnc(NC(=O)Cc4ccccc4)s3)s2)cc1. The Morgan fingerprint density at radius 1 is 0.762 bits per heavy atom.